The first kappa shape index (κ1) is 14.4. The van der Waals surface area contributed by atoms with Gasteiger partial charge in [-0.1, -0.05) is 23.7 Å². The van der Waals surface area contributed by atoms with Crippen LogP contribution < -0.4 is 0 Å². The Morgan fingerprint density at radius 1 is 1.24 bits per heavy atom. The second-order valence-corrected chi connectivity index (χ2v) is 5.69. The van der Waals surface area contributed by atoms with E-state index in [4.69, 9.17) is 23.2 Å². The van der Waals surface area contributed by atoms with E-state index >= 15 is 0 Å². The van der Waals surface area contributed by atoms with Crippen molar-refractivity contribution in [2.75, 3.05) is 5.88 Å². The zero-order valence-electron chi connectivity index (χ0n) is 11.4. The predicted molar refractivity (Wildman–Crippen MR) is 85.2 cm³/mol. The third-order valence-corrected chi connectivity index (χ3v) is 3.79. The van der Waals surface area contributed by atoms with E-state index in [1.54, 1.807) is 6.07 Å². The summed E-state index contributed by atoms with van der Waals surface area (Å²) in [4.78, 5) is 4.65. The van der Waals surface area contributed by atoms with Crippen molar-refractivity contribution in [2.45, 2.75) is 13.3 Å². The highest BCUT2D eigenvalue weighted by Gasteiger charge is 2.14. The predicted octanol–water partition coefficient (Wildman–Crippen LogP) is 4.91. The lowest BCUT2D eigenvalue weighted by molar-refractivity contribution is 0.626. The summed E-state index contributed by atoms with van der Waals surface area (Å²) in [6.07, 6.45) is 0.601. The Morgan fingerprint density at radius 3 is 2.76 bits per heavy atom. The van der Waals surface area contributed by atoms with Gasteiger partial charge >= 0.3 is 0 Å². The van der Waals surface area contributed by atoms with Crippen LogP contribution in [0.25, 0.3) is 16.7 Å². The van der Waals surface area contributed by atoms with Crippen molar-refractivity contribution in [3.05, 3.63) is 58.6 Å². The maximum absolute atomic E-state index is 13.7. The molecule has 0 saturated carbocycles. The zero-order chi connectivity index (χ0) is 15.0. The fourth-order valence-electron chi connectivity index (χ4n) is 2.50. The Balaban J connectivity index is 2.33. The van der Waals surface area contributed by atoms with Gasteiger partial charge in [-0.25, -0.2) is 9.37 Å². The molecule has 2 aromatic carbocycles. The number of hydrogen-bond donors (Lipinski definition) is 0. The van der Waals surface area contributed by atoms with E-state index in [2.05, 4.69) is 4.98 Å². The topological polar surface area (TPSA) is 17.8 Å². The van der Waals surface area contributed by atoms with E-state index in [0.29, 0.717) is 23.0 Å². The Morgan fingerprint density at radius 2 is 2.05 bits per heavy atom. The van der Waals surface area contributed by atoms with Crippen molar-refractivity contribution in [1.29, 1.82) is 0 Å². The lowest BCUT2D eigenvalue weighted by Gasteiger charge is -2.09. The highest BCUT2D eigenvalue weighted by Crippen LogP contribution is 2.26. The summed E-state index contributed by atoms with van der Waals surface area (Å²) in [6, 6.07) is 10.4. The molecule has 1 heterocycles. The van der Waals surface area contributed by atoms with Crippen LogP contribution in [0.4, 0.5) is 4.39 Å². The SMILES string of the molecule is Cc1cccc2c1nc(CCCl)n2-c1cc(F)cc(Cl)c1. The maximum Gasteiger partial charge on any atom is 0.126 e. The normalized spacial score (nSPS) is 11.2. The van der Waals surface area contributed by atoms with Gasteiger partial charge in [0.05, 0.1) is 16.7 Å². The zero-order valence-corrected chi connectivity index (χ0v) is 12.9. The molecule has 21 heavy (non-hydrogen) atoms. The van der Waals surface area contributed by atoms with E-state index in [1.165, 1.54) is 12.1 Å². The second kappa shape index (κ2) is 5.66. The van der Waals surface area contributed by atoms with Gasteiger partial charge in [0.15, 0.2) is 0 Å². The minimum Gasteiger partial charge on any atom is -0.296 e. The Kier molecular flexibility index (Phi) is 3.87. The second-order valence-electron chi connectivity index (χ2n) is 4.87. The van der Waals surface area contributed by atoms with Crippen LogP contribution in [0.15, 0.2) is 36.4 Å². The molecule has 0 spiro atoms. The summed E-state index contributed by atoms with van der Waals surface area (Å²) in [5.41, 5.74) is 3.56. The molecular formula is C16H13Cl2FN2. The molecule has 0 aliphatic rings. The molecule has 0 bridgehead atoms. The number of alkyl halides is 1. The van der Waals surface area contributed by atoms with Crippen molar-refractivity contribution >= 4 is 34.2 Å². The Labute approximate surface area is 132 Å². The van der Waals surface area contributed by atoms with Crippen molar-refractivity contribution in [1.82, 2.24) is 9.55 Å². The highest BCUT2D eigenvalue weighted by atomic mass is 35.5. The highest BCUT2D eigenvalue weighted by molar-refractivity contribution is 6.30. The molecule has 0 N–H and O–H groups in total. The largest absolute Gasteiger partial charge is 0.296 e. The lowest BCUT2D eigenvalue weighted by Crippen LogP contribution is -2.02. The Hall–Kier alpha value is -1.58. The average Bonchev–Trinajstić information content (AvgIpc) is 2.78. The summed E-state index contributed by atoms with van der Waals surface area (Å²) < 4.78 is 15.6. The van der Waals surface area contributed by atoms with Crippen LogP contribution in [0.3, 0.4) is 0 Å². The number of aryl methyl sites for hydroxylation is 2. The summed E-state index contributed by atoms with van der Waals surface area (Å²) in [7, 11) is 0. The smallest absolute Gasteiger partial charge is 0.126 e. The molecule has 0 saturated heterocycles. The third kappa shape index (κ3) is 2.63. The van der Waals surface area contributed by atoms with E-state index in [0.717, 1.165) is 22.4 Å². The summed E-state index contributed by atoms with van der Waals surface area (Å²) in [5.74, 6) is 0.880. The molecule has 0 aliphatic heterocycles. The van der Waals surface area contributed by atoms with Gasteiger partial charge in [-0.3, -0.25) is 4.57 Å². The number of hydrogen-bond acceptors (Lipinski definition) is 1. The van der Waals surface area contributed by atoms with Crippen LogP contribution in [0, 0.1) is 12.7 Å². The number of fused-ring (bicyclic) bond motifs is 1. The van der Waals surface area contributed by atoms with Gasteiger partial charge in [-0.05, 0) is 36.8 Å². The molecule has 0 aliphatic carbocycles. The number of benzene rings is 2. The van der Waals surface area contributed by atoms with Gasteiger partial charge in [0.1, 0.15) is 11.6 Å². The van der Waals surface area contributed by atoms with Crippen molar-refractivity contribution in [3.8, 4) is 5.69 Å². The standard InChI is InChI=1S/C16H13Cl2FN2/c1-10-3-2-4-14-16(10)20-15(5-6-17)21(14)13-8-11(18)7-12(19)9-13/h2-4,7-9H,5-6H2,1H3. The van der Waals surface area contributed by atoms with Gasteiger partial charge in [0.2, 0.25) is 0 Å². The monoisotopic (exact) mass is 322 g/mol. The number of nitrogens with zero attached hydrogens (tertiary/aromatic N) is 2. The van der Waals surface area contributed by atoms with E-state index in [1.807, 2.05) is 29.7 Å². The molecule has 0 radical (unpaired) electrons. The first-order chi connectivity index (χ1) is 10.1. The molecule has 1 aromatic heterocycles. The summed E-state index contributed by atoms with van der Waals surface area (Å²) in [5, 5.41) is 0.358. The van der Waals surface area contributed by atoms with Gasteiger partial charge < -0.3 is 0 Å². The van der Waals surface area contributed by atoms with Crippen LogP contribution in [0.2, 0.25) is 5.02 Å². The molecule has 3 rings (SSSR count). The van der Waals surface area contributed by atoms with Gasteiger partial charge in [0.25, 0.3) is 0 Å². The summed E-state index contributed by atoms with van der Waals surface area (Å²) in [6.45, 7) is 2.00. The first-order valence-electron chi connectivity index (χ1n) is 6.59. The first-order valence-corrected chi connectivity index (χ1v) is 7.51. The lowest BCUT2D eigenvalue weighted by atomic mass is 10.2. The van der Waals surface area contributed by atoms with Crippen LogP contribution in [-0.4, -0.2) is 15.4 Å². The molecule has 3 aromatic rings. The van der Waals surface area contributed by atoms with Crippen molar-refractivity contribution < 1.29 is 4.39 Å². The molecule has 0 atom stereocenters. The Bertz CT molecular complexity index is 791. The number of aromatic nitrogens is 2. The minimum atomic E-state index is -0.371. The van der Waals surface area contributed by atoms with Gasteiger partial charge in [0, 0.05) is 17.3 Å². The molecule has 2 nitrogen and oxygen atoms in total. The van der Waals surface area contributed by atoms with Crippen LogP contribution in [-0.2, 0) is 6.42 Å². The number of halogens is 3. The molecule has 0 amide bonds. The van der Waals surface area contributed by atoms with Gasteiger partial charge in [-0.15, -0.1) is 11.6 Å². The molecule has 0 unspecified atom stereocenters. The van der Waals surface area contributed by atoms with E-state index in [9.17, 15) is 4.39 Å². The molecule has 0 fully saturated rings. The molecule has 5 heteroatoms. The van der Waals surface area contributed by atoms with Gasteiger partial charge in [-0.2, -0.15) is 0 Å². The fraction of sp³-hybridized carbons (Fsp3) is 0.188. The number of imidazole rings is 1. The van der Waals surface area contributed by atoms with E-state index in [-0.39, 0.29) is 5.82 Å². The molecule has 108 valence electrons. The third-order valence-electron chi connectivity index (χ3n) is 3.38. The van der Waals surface area contributed by atoms with Crippen molar-refractivity contribution in [2.24, 2.45) is 0 Å². The van der Waals surface area contributed by atoms with Crippen LogP contribution >= 0.6 is 23.2 Å². The fourth-order valence-corrected chi connectivity index (χ4v) is 2.88. The maximum atomic E-state index is 13.7. The summed E-state index contributed by atoms with van der Waals surface area (Å²) >= 11 is 11.9. The quantitative estimate of drug-likeness (QED) is 0.626. The molecular weight excluding hydrogens is 310 g/mol. The van der Waals surface area contributed by atoms with Crippen LogP contribution in [0.1, 0.15) is 11.4 Å². The van der Waals surface area contributed by atoms with Crippen molar-refractivity contribution in [3.63, 3.8) is 0 Å². The number of rotatable bonds is 3. The van der Waals surface area contributed by atoms with Crippen LogP contribution in [0.5, 0.6) is 0 Å². The van der Waals surface area contributed by atoms with E-state index < -0.39 is 0 Å². The number of para-hydroxylation sites is 1. The minimum absolute atomic E-state index is 0.358. The average molecular weight is 323 g/mol.